The van der Waals surface area contributed by atoms with E-state index >= 15 is 0 Å². The number of amides is 3. The highest BCUT2D eigenvalue weighted by molar-refractivity contribution is 6.35. The molecule has 5 nitrogen and oxygen atoms in total. The predicted octanol–water partition coefficient (Wildman–Crippen LogP) is 2.79. The van der Waals surface area contributed by atoms with Crippen molar-refractivity contribution in [2.75, 3.05) is 18.4 Å². The minimum Gasteiger partial charge on any atom is -0.329 e. The molecule has 3 amide bonds. The number of carbonyl (C=O) groups excluding carboxylic acids is 2. The number of nitrogens with one attached hydrogen (secondary N) is 3. The maximum absolute atomic E-state index is 11.8. The molecule has 0 bridgehead atoms. The first-order chi connectivity index (χ1) is 9.67. The maximum Gasteiger partial charge on any atom is 0.405 e. The maximum atomic E-state index is 11.8. The van der Waals surface area contributed by atoms with E-state index in [1.165, 1.54) is 18.2 Å². The van der Waals surface area contributed by atoms with Crippen LogP contribution >= 0.6 is 23.2 Å². The van der Waals surface area contributed by atoms with Crippen LogP contribution in [0, 0.1) is 0 Å². The van der Waals surface area contributed by atoms with Crippen LogP contribution in [0.25, 0.3) is 0 Å². The van der Waals surface area contributed by atoms with E-state index in [-0.39, 0.29) is 10.7 Å². The van der Waals surface area contributed by atoms with Gasteiger partial charge in [0, 0.05) is 5.02 Å². The zero-order valence-corrected chi connectivity index (χ0v) is 11.9. The summed E-state index contributed by atoms with van der Waals surface area (Å²) in [6.07, 6.45) is -4.52. The zero-order valence-electron chi connectivity index (χ0n) is 10.4. The number of hydrogen-bond acceptors (Lipinski definition) is 2. The van der Waals surface area contributed by atoms with Crippen LogP contribution in [0.5, 0.6) is 0 Å². The van der Waals surface area contributed by atoms with E-state index in [0.717, 1.165) is 0 Å². The van der Waals surface area contributed by atoms with Crippen molar-refractivity contribution in [1.29, 1.82) is 0 Å². The summed E-state index contributed by atoms with van der Waals surface area (Å²) in [7, 11) is 0. The highest BCUT2D eigenvalue weighted by Gasteiger charge is 2.27. The number of hydrogen-bond donors (Lipinski definition) is 3. The Kier molecular flexibility index (Phi) is 6.10. The molecule has 0 saturated heterocycles. The van der Waals surface area contributed by atoms with Gasteiger partial charge in [0.05, 0.1) is 17.3 Å². The van der Waals surface area contributed by atoms with Gasteiger partial charge in [0.25, 0.3) is 0 Å². The fourth-order valence-electron chi connectivity index (χ4n) is 1.19. The Labute approximate surface area is 127 Å². The molecule has 10 heteroatoms. The number of halogens is 5. The minimum atomic E-state index is -4.52. The zero-order chi connectivity index (χ0) is 16.0. The van der Waals surface area contributed by atoms with Gasteiger partial charge in [0.2, 0.25) is 5.91 Å². The normalized spacial score (nSPS) is 10.9. The van der Waals surface area contributed by atoms with Crippen LogP contribution in [0.15, 0.2) is 18.2 Å². The molecule has 0 heterocycles. The van der Waals surface area contributed by atoms with E-state index in [0.29, 0.717) is 5.02 Å². The van der Waals surface area contributed by atoms with Crippen molar-refractivity contribution in [3.05, 3.63) is 28.2 Å². The number of rotatable bonds is 4. The lowest BCUT2D eigenvalue weighted by Gasteiger charge is -2.10. The molecule has 1 aromatic rings. The molecule has 1 rings (SSSR count). The average molecular weight is 344 g/mol. The van der Waals surface area contributed by atoms with E-state index in [4.69, 9.17) is 23.2 Å². The minimum absolute atomic E-state index is 0.228. The molecule has 116 valence electrons. The fourth-order valence-corrected chi connectivity index (χ4v) is 1.53. The lowest BCUT2D eigenvalue weighted by molar-refractivity contribution is -0.122. The lowest BCUT2D eigenvalue weighted by Crippen LogP contribution is -2.43. The first-order valence-corrected chi connectivity index (χ1v) is 6.26. The summed E-state index contributed by atoms with van der Waals surface area (Å²) in [6.45, 7) is -2.01. The first kappa shape index (κ1) is 17.4. The molecule has 1 aromatic carbocycles. The Morgan fingerprint density at radius 1 is 1.14 bits per heavy atom. The molecule has 0 radical (unpaired) electrons. The Hall–Kier alpha value is -1.67. The number of benzene rings is 1. The van der Waals surface area contributed by atoms with E-state index in [2.05, 4.69) is 5.32 Å². The third-order valence-corrected chi connectivity index (χ3v) is 2.63. The standard InChI is InChI=1S/C11H10Cl2F3N3O2/c12-6-1-2-7(13)8(3-6)19-9(20)4-17-10(21)18-5-11(14,15)16/h1-3H,4-5H2,(H,19,20)(H2,17,18,21). The van der Waals surface area contributed by atoms with Gasteiger partial charge in [-0.05, 0) is 18.2 Å². The van der Waals surface area contributed by atoms with Gasteiger partial charge >= 0.3 is 12.2 Å². The summed E-state index contributed by atoms with van der Waals surface area (Å²) in [5, 5.41) is 6.46. The second-order valence-electron chi connectivity index (χ2n) is 3.82. The quantitative estimate of drug-likeness (QED) is 0.786. The highest BCUT2D eigenvalue weighted by atomic mass is 35.5. The Bertz CT molecular complexity index is 538. The summed E-state index contributed by atoms with van der Waals surface area (Å²) >= 11 is 11.5. The van der Waals surface area contributed by atoms with Crippen LogP contribution < -0.4 is 16.0 Å². The molecule has 0 fully saturated rings. The van der Waals surface area contributed by atoms with Gasteiger partial charge < -0.3 is 16.0 Å². The molecule has 0 aliphatic heterocycles. The largest absolute Gasteiger partial charge is 0.405 e. The van der Waals surface area contributed by atoms with Crippen LogP contribution in [0.4, 0.5) is 23.7 Å². The molecule has 0 unspecified atom stereocenters. The lowest BCUT2D eigenvalue weighted by atomic mass is 10.3. The van der Waals surface area contributed by atoms with Gasteiger partial charge in [-0.1, -0.05) is 23.2 Å². The topological polar surface area (TPSA) is 70.2 Å². The van der Waals surface area contributed by atoms with E-state index < -0.39 is 31.2 Å². The number of urea groups is 1. The molecular formula is C11H10Cl2F3N3O2. The molecule has 3 N–H and O–H groups in total. The van der Waals surface area contributed by atoms with Crippen molar-refractivity contribution in [3.63, 3.8) is 0 Å². The average Bonchev–Trinajstić information content (AvgIpc) is 2.37. The summed E-state index contributed by atoms with van der Waals surface area (Å²) in [6, 6.07) is 3.26. The molecule has 0 aromatic heterocycles. The second-order valence-corrected chi connectivity index (χ2v) is 4.67. The number of alkyl halides is 3. The number of anilines is 1. The Balaban J connectivity index is 2.41. The van der Waals surface area contributed by atoms with Gasteiger partial charge in [-0.25, -0.2) is 4.79 Å². The Morgan fingerprint density at radius 2 is 1.81 bits per heavy atom. The van der Waals surface area contributed by atoms with Crippen molar-refractivity contribution in [1.82, 2.24) is 10.6 Å². The van der Waals surface area contributed by atoms with Gasteiger partial charge in [0.1, 0.15) is 6.54 Å². The summed E-state index contributed by atoms with van der Waals surface area (Å²) < 4.78 is 35.5. The van der Waals surface area contributed by atoms with E-state index in [1.54, 1.807) is 5.32 Å². The summed E-state index contributed by atoms with van der Waals surface area (Å²) in [5.41, 5.74) is 0.228. The molecule has 0 aliphatic rings. The van der Waals surface area contributed by atoms with Crippen LogP contribution in [0.2, 0.25) is 10.0 Å². The molecule has 0 saturated carbocycles. The molecule has 0 atom stereocenters. The third-order valence-electron chi connectivity index (χ3n) is 2.06. The summed E-state index contributed by atoms with van der Waals surface area (Å²) in [4.78, 5) is 22.5. The van der Waals surface area contributed by atoms with Crippen molar-refractivity contribution < 1.29 is 22.8 Å². The van der Waals surface area contributed by atoms with Crippen LogP contribution in [0.3, 0.4) is 0 Å². The van der Waals surface area contributed by atoms with Gasteiger partial charge in [-0.15, -0.1) is 0 Å². The molecule has 0 spiro atoms. The monoisotopic (exact) mass is 343 g/mol. The van der Waals surface area contributed by atoms with Crippen LogP contribution in [-0.4, -0.2) is 31.2 Å². The number of carbonyl (C=O) groups is 2. The van der Waals surface area contributed by atoms with Crippen LogP contribution in [-0.2, 0) is 4.79 Å². The van der Waals surface area contributed by atoms with Crippen molar-refractivity contribution in [2.45, 2.75) is 6.18 Å². The van der Waals surface area contributed by atoms with Gasteiger partial charge in [-0.3, -0.25) is 4.79 Å². The highest BCUT2D eigenvalue weighted by Crippen LogP contribution is 2.25. The smallest absolute Gasteiger partial charge is 0.329 e. The van der Waals surface area contributed by atoms with Crippen molar-refractivity contribution in [3.8, 4) is 0 Å². The molecule has 21 heavy (non-hydrogen) atoms. The van der Waals surface area contributed by atoms with Crippen molar-refractivity contribution >= 4 is 40.8 Å². The fraction of sp³-hybridized carbons (Fsp3) is 0.273. The molecule has 0 aliphatic carbocycles. The predicted molar refractivity (Wildman–Crippen MR) is 72.5 cm³/mol. The van der Waals surface area contributed by atoms with E-state index in [1.807, 2.05) is 5.32 Å². The third kappa shape index (κ3) is 7.05. The van der Waals surface area contributed by atoms with Crippen molar-refractivity contribution in [2.24, 2.45) is 0 Å². The van der Waals surface area contributed by atoms with Gasteiger partial charge in [-0.2, -0.15) is 13.2 Å². The molecular weight excluding hydrogens is 334 g/mol. The van der Waals surface area contributed by atoms with Gasteiger partial charge in [0.15, 0.2) is 0 Å². The SMILES string of the molecule is O=C(CNC(=O)NCC(F)(F)F)Nc1cc(Cl)ccc1Cl. The van der Waals surface area contributed by atoms with Crippen LogP contribution in [0.1, 0.15) is 0 Å². The Morgan fingerprint density at radius 3 is 2.43 bits per heavy atom. The second kappa shape index (κ2) is 7.37. The van der Waals surface area contributed by atoms with E-state index in [9.17, 15) is 22.8 Å². The first-order valence-electron chi connectivity index (χ1n) is 5.51. The summed E-state index contributed by atoms with van der Waals surface area (Å²) in [5.74, 6) is -0.665.